The summed E-state index contributed by atoms with van der Waals surface area (Å²) in [6.07, 6.45) is -0.609. The highest BCUT2D eigenvalue weighted by atomic mass is 19.4. The molecule has 132 valence electrons. The third kappa shape index (κ3) is 4.14. The highest BCUT2D eigenvalue weighted by Gasteiger charge is 2.49. The number of alkyl halides is 3. The number of carbonyl (C=O) groups excluding carboxylic acids is 1. The molecule has 3 aliphatic rings. The molecule has 3 fully saturated rings. The molecule has 0 aromatic heterocycles. The second kappa shape index (κ2) is 7.04. The molecule has 3 rings (SSSR count). The molecule has 2 N–H and O–H groups in total. The van der Waals surface area contributed by atoms with Gasteiger partial charge in [-0.25, -0.2) is 4.79 Å². The minimum Gasteiger partial charge on any atom is -0.475 e. The number of hydrogen-bond donors (Lipinski definition) is 2. The molecule has 0 saturated carbocycles. The lowest BCUT2D eigenvalue weighted by molar-refractivity contribution is -0.192. The molecule has 9 heteroatoms. The third-order valence-electron chi connectivity index (χ3n) is 4.61. The van der Waals surface area contributed by atoms with Crippen LogP contribution in [0.15, 0.2) is 0 Å². The van der Waals surface area contributed by atoms with Gasteiger partial charge in [0.05, 0.1) is 18.1 Å². The number of carbonyl (C=O) groups is 2. The van der Waals surface area contributed by atoms with Crippen molar-refractivity contribution in [3.8, 4) is 0 Å². The number of nitrogens with zero attached hydrogens (tertiary/aromatic N) is 1. The maximum absolute atomic E-state index is 12.3. The Morgan fingerprint density at radius 1 is 1.30 bits per heavy atom. The predicted molar refractivity (Wildman–Crippen MR) is 73.8 cm³/mol. The number of rotatable bonds is 1. The lowest BCUT2D eigenvalue weighted by Gasteiger charge is -2.55. The molecule has 0 radical (unpaired) electrons. The predicted octanol–water partition coefficient (Wildman–Crippen LogP) is 1.01. The van der Waals surface area contributed by atoms with E-state index in [4.69, 9.17) is 14.6 Å². The van der Waals surface area contributed by atoms with Crippen LogP contribution in [-0.4, -0.2) is 66.4 Å². The van der Waals surface area contributed by atoms with Crippen LogP contribution in [-0.2, 0) is 14.3 Å². The Morgan fingerprint density at radius 3 is 2.39 bits per heavy atom. The van der Waals surface area contributed by atoms with Crippen LogP contribution < -0.4 is 5.32 Å². The van der Waals surface area contributed by atoms with E-state index in [1.807, 2.05) is 0 Å². The number of carboxylic acids is 1. The fraction of sp³-hybridized carbons (Fsp3) is 0.857. The minimum atomic E-state index is -5.08. The van der Waals surface area contributed by atoms with Crippen molar-refractivity contribution >= 4 is 11.9 Å². The third-order valence-corrected chi connectivity index (χ3v) is 4.61. The Morgan fingerprint density at radius 2 is 2.00 bits per heavy atom. The van der Waals surface area contributed by atoms with E-state index in [-0.39, 0.29) is 11.5 Å². The van der Waals surface area contributed by atoms with Gasteiger partial charge in [0.1, 0.15) is 0 Å². The van der Waals surface area contributed by atoms with E-state index in [9.17, 15) is 18.0 Å². The summed E-state index contributed by atoms with van der Waals surface area (Å²) in [5, 5.41) is 10.6. The first-order chi connectivity index (χ1) is 10.8. The van der Waals surface area contributed by atoms with Crippen LogP contribution in [0.3, 0.4) is 0 Å². The van der Waals surface area contributed by atoms with Crippen LogP contribution in [0.1, 0.15) is 25.7 Å². The van der Waals surface area contributed by atoms with Gasteiger partial charge in [-0.3, -0.25) is 4.79 Å². The molecule has 1 amide bonds. The minimum absolute atomic E-state index is 0.138. The molecule has 2 atom stereocenters. The summed E-state index contributed by atoms with van der Waals surface area (Å²) in [5.41, 5.74) is 0.165. The normalized spacial score (nSPS) is 30.4. The topological polar surface area (TPSA) is 78.9 Å². The largest absolute Gasteiger partial charge is 0.490 e. The van der Waals surface area contributed by atoms with Crippen molar-refractivity contribution in [3.63, 3.8) is 0 Å². The average molecular weight is 338 g/mol. The molecular formula is C14H21F3N2O4. The number of ether oxygens (including phenoxy) is 1. The van der Waals surface area contributed by atoms with Crippen molar-refractivity contribution in [1.82, 2.24) is 10.2 Å². The van der Waals surface area contributed by atoms with Crippen molar-refractivity contribution in [2.24, 2.45) is 5.92 Å². The van der Waals surface area contributed by atoms with E-state index in [2.05, 4.69) is 10.2 Å². The highest BCUT2D eigenvalue weighted by molar-refractivity contribution is 5.81. The molecule has 0 bridgehead atoms. The summed E-state index contributed by atoms with van der Waals surface area (Å²) in [5.74, 6) is -2.28. The first kappa shape index (κ1) is 18.0. The van der Waals surface area contributed by atoms with Gasteiger partial charge in [-0.05, 0) is 32.2 Å². The Balaban J connectivity index is 0.000000236. The molecule has 3 heterocycles. The van der Waals surface area contributed by atoms with Crippen LogP contribution in [0.2, 0.25) is 0 Å². The van der Waals surface area contributed by atoms with E-state index in [1.165, 1.54) is 19.3 Å². The Kier molecular flexibility index (Phi) is 5.51. The quantitative estimate of drug-likeness (QED) is 0.746. The van der Waals surface area contributed by atoms with Gasteiger partial charge in [0.15, 0.2) is 0 Å². The molecule has 0 aliphatic carbocycles. The number of piperidine rings is 1. The van der Waals surface area contributed by atoms with E-state index in [0.717, 1.165) is 32.7 Å². The van der Waals surface area contributed by atoms with Gasteiger partial charge in [0.2, 0.25) is 5.91 Å². The van der Waals surface area contributed by atoms with E-state index in [1.54, 1.807) is 0 Å². The molecular weight excluding hydrogens is 317 g/mol. The lowest BCUT2D eigenvalue weighted by Crippen LogP contribution is -2.68. The number of amides is 1. The molecule has 0 aromatic rings. The average Bonchev–Trinajstić information content (AvgIpc) is 3.01. The fourth-order valence-electron chi connectivity index (χ4n) is 3.23. The van der Waals surface area contributed by atoms with Crippen LogP contribution in [0.4, 0.5) is 13.2 Å². The van der Waals surface area contributed by atoms with Gasteiger partial charge < -0.3 is 20.1 Å². The first-order valence-corrected chi connectivity index (χ1v) is 7.66. The number of halogens is 3. The Labute approximate surface area is 132 Å². The zero-order valence-electron chi connectivity index (χ0n) is 12.7. The molecule has 6 nitrogen and oxygen atoms in total. The number of likely N-dealkylation sites (tertiary alicyclic amines) is 1. The van der Waals surface area contributed by atoms with E-state index in [0.29, 0.717) is 12.5 Å². The second-order valence-corrected chi connectivity index (χ2v) is 6.11. The van der Waals surface area contributed by atoms with Gasteiger partial charge in [0, 0.05) is 19.7 Å². The zero-order valence-corrected chi connectivity index (χ0v) is 12.7. The van der Waals surface area contributed by atoms with Crippen molar-refractivity contribution in [2.75, 3.05) is 32.8 Å². The van der Waals surface area contributed by atoms with Gasteiger partial charge in [-0.2, -0.15) is 13.2 Å². The molecule has 1 spiro atoms. The van der Waals surface area contributed by atoms with Gasteiger partial charge in [-0.15, -0.1) is 0 Å². The fourth-order valence-corrected chi connectivity index (χ4v) is 3.23. The molecule has 2 unspecified atom stereocenters. The first-order valence-electron chi connectivity index (χ1n) is 7.66. The Hall–Kier alpha value is -1.35. The second-order valence-electron chi connectivity index (χ2n) is 6.11. The maximum Gasteiger partial charge on any atom is 0.490 e. The van der Waals surface area contributed by atoms with E-state index >= 15 is 0 Å². The van der Waals surface area contributed by atoms with Gasteiger partial charge in [-0.1, -0.05) is 0 Å². The standard InChI is InChI=1S/C12H20N2O2.C2HF3O2/c15-11(10-2-7-16-8-10)14-6-4-12(14)3-1-5-13-9-12;3-2(4,5)1(6)7/h10,13H,1-9H2;(H,6,7). The molecule has 0 aromatic carbocycles. The smallest absolute Gasteiger partial charge is 0.475 e. The summed E-state index contributed by atoms with van der Waals surface area (Å²) >= 11 is 0. The molecule has 3 saturated heterocycles. The summed E-state index contributed by atoms with van der Waals surface area (Å²) in [6.45, 7) is 4.45. The van der Waals surface area contributed by atoms with Crippen molar-refractivity contribution in [2.45, 2.75) is 37.4 Å². The van der Waals surface area contributed by atoms with Gasteiger partial charge in [0.25, 0.3) is 0 Å². The molecule has 3 aliphatic heterocycles. The van der Waals surface area contributed by atoms with Crippen molar-refractivity contribution in [3.05, 3.63) is 0 Å². The van der Waals surface area contributed by atoms with Crippen LogP contribution >= 0.6 is 0 Å². The SMILES string of the molecule is O=C(C1CCOC1)N1CCC12CCCNC2.O=C(O)C(F)(F)F. The summed E-state index contributed by atoms with van der Waals surface area (Å²) < 4.78 is 37.0. The van der Waals surface area contributed by atoms with Crippen molar-refractivity contribution in [1.29, 1.82) is 0 Å². The molecule has 23 heavy (non-hydrogen) atoms. The summed E-state index contributed by atoms with van der Waals surface area (Å²) in [7, 11) is 0. The summed E-state index contributed by atoms with van der Waals surface area (Å²) in [6, 6.07) is 0. The van der Waals surface area contributed by atoms with Crippen LogP contribution in [0.25, 0.3) is 0 Å². The number of aliphatic carboxylic acids is 1. The monoisotopic (exact) mass is 338 g/mol. The summed E-state index contributed by atoms with van der Waals surface area (Å²) in [4.78, 5) is 23.3. The highest BCUT2D eigenvalue weighted by Crippen LogP contribution is 2.38. The number of nitrogens with one attached hydrogen (secondary N) is 1. The van der Waals surface area contributed by atoms with Gasteiger partial charge >= 0.3 is 12.1 Å². The van der Waals surface area contributed by atoms with Crippen LogP contribution in [0.5, 0.6) is 0 Å². The Bertz CT molecular complexity index is 444. The van der Waals surface area contributed by atoms with Crippen molar-refractivity contribution < 1.29 is 32.6 Å². The van der Waals surface area contributed by atoms with Crippen LogP contribution in [0, 0.1) is 5.92 Å². The zero-order chi connectivity index (χ0) is 17.1. The lowest BCUT2D eigenvalue weighted by atomic mass is 9.77. The maximum atomic E-state index is 12.3. The van der Waals surface area contributed by atoms with E-state index < -0.39 is 12.1 Å². The number of hydrogen-bond acceptors (Lipinski definition) is 4. The number of carboxylic acid groups (broad SMARTS) is 1.